The molecule has 0 bridgehead atoms. The Kier molecular flexibility index (Phi) is 42.4. The van der Waals surface area contributed by atoms with Crippen molar-refractivity contribution in [3.8, 4) is 0 Å². The molecule has 13 heavy (non-hydrogen) atoms. The summed E-state index contributed by atoms with van der Waals surface area (Å²) in [6.45, 7) is 14.8. The Balaban J connectivity index is -0.000000169. The standard InChI is InChI=1S/C8H18.C3H8.C2H4/c1-3-5-7-8-6-4-2;1-3-2;1-2/h3-8H2,1-2H3;3H2,1-2H3;1-2H2. The number of hydrogen-bond acceptors (Lipinski definition) is 0. The Morgan fingerprint density at radius 1 is 0.615 bits per heavy atom. The highest BCUT2D eigenvalue weighted by atomic mass is 13.9. The Hall–Kier alpha value is -0.260. The van der Waals surface area contributed by atoms with Gasteiger partial charge in [-0.25, -0.2) is 0 Å². The van der Waals surface area contributed by atoms with Crippen LogP contribution in [0.4, 0.5) is 0 Å². The van der Waals surface area contributed by atoms with E-state index < -0.39 is 0 Å². The first-order valence-corrected chi connectivity index (χ1v) is 5.83. The molecule has 0 aromatic rings. The second-order valence-corrected chi connectivity index (χ2v) is 3.12. The van der Waals surface area contributed by atoms with E-state index in [1.54, 1.807) is 0 Å². The summed E-state index contributed by atoms with van der Waals surface area (Å²) in [4.78, 5) is 0. The molecule has 0 aliphatic rings. The Bertz CT molecular complexity index is 42.0. The topological polar surface area (TPSA) is 0 Å². The minimum absolute atomic E-state index is 1.25. The van der Waals surface area contributed by atoms with E-state index in [-0.39, 0.29) is 0 Å². The maximum Gasteiger partial charge on any atom is -0.0533 e. The molecule has 0 aliphatic heterocycles. The fourth-order valence-corrected chi connectivity index (χ4v) is 0.854. The van der Waals surface area contributed by atoms with Crippen LogP contribution in [0.2, 0.25) is 0 Å². The SMILES string of the molecule is C=C.CCC.CCCCCCCC. The minimum atomic E-state index is 1.25. The number of rotatable bonds is 5. The Labute approximate surface area is 86.4 Å². The van der Waals surface area contributed by atoms with Gasteiger partial charge in [-0.2, -0.15) is 0 Å². The van der Waals surface area contributed by atoms with Crippen LogP contribution >= 0.6 is 0 Å². The van der Waals surface area contributed by atoms with Crippen LogP contribution < -0.4 is 0 Å². The molecule has 0 heteroatoms. The summed E-state index contributed by atoms with van der Waals surface area (Å²) in [6.07, 6.45) is 9.74. The first-order valence-electron chi connectivity index (χ1n) is 5.83. The van der Waals surface area contributed by atoms with Crippen LogP contribution in [0.1, 0.15) is 72.6 Å². The van der Waals surface area contributed by atoms with Gasteiger partial charge in [0.2, 0.25) is 0 Å². The Morgan fingerprint density at radius 2 is 0.846 bits per heavy atom. The first-order chi connectivity index (χ1) is 6.33. The predicted molar refractivity (Wildman–Crippen MR) is 66.3 cm³/mol. The van der Waals surface area contributed by atoms with Crippen LogP contribution in [0, 0.1) is 0 Å². The molecule has 0 aromatic carbocycles. The minimum Gasteiger partial charge on any atom is -0.106 e. The van der Waals surface area contributed by atoms with E-state index >= 15 is 0 Å². The summed E-state index contributed by atoms with van der Waals surface area (Å²) in [5.41, 5.74) is 0. The molecule has 0 amide bonds. The molecule has 0 rings (SSSR count). The monoisotopic (exact) mass is 186 g/mol. The maximum absolute atomic E-state index is 3.00. The largest absolute Gasteiger partial charge is 0.106 e. The molecule has 0 fully saturated rings. The van der Waals surface area contributed by atoms with Crippen LogP contribution in [0.5, 0.6) is 0 Å². The fourth-order valence-electron chi connectivity index (χ4n) is 0.854. The molecule has 0 aromatic heterocycles. The highest BCUT2D eigenvalue weighted by Crippen LogP contribution is 2.03. The van der Waals surface area contributed by atoms with E-state index in [2.05, 4.69) is 40.9 Å². The van der Waals surface area contributed by atoms with Crippen molar-refractivity contribution < 1.29 is 0 Å². The van der Waals surface area contributed by atoms with Gasteiger partial charge in [0.25, 0.3) is 0 Å². The highest BCUT2D eigenvalue weighted by molar-refractivity contribution is 4.39. The van der Waals surface area contributed by atoms with Crippen molar-refractivity contribution in [1.82, 2.24) is 0 Å². The van der Waals surface area contributed by atoms with Crippen LogP contribution in [-0.2, 0) is 0 Å². The van der Waals surface area contributed by atoms with Crippen molar-refractivity contribution in [3.05, 3.63) is 13.2 Å². The van der Waals surface area contributed by atoms with Crippen molar-refractivity contribution in [1.29, 1.82) is 0 Å². The van der Waals surface area contributed by atoms with E-state index in [4.69, 9.17) is 0 Å². The lowest BCUT2D eigenvalue weighted by atomic mass is 10.1. The smallest absolute Gasteiger partial charge is 0.0533 e. The summed E-state index contributed by atoms with van der Waals surface area (Å²) < 4.78 is 0. The van der Waals surface area contributed by atoms with Gasteiger partial charge in [0, 0.05) is 0 Å². The lowest BCUT2D eigenvalue weighted by Gasteiger charge is -1.93. The zero-order valence-corrected chi connectivity index (χ0v) is 10.4. The molecule has 0 saturated carbocycles. The molecular formula is C13H30. The second-order valence-electron chi connectivity index (χ2n) is 3.12. The van der Waals surface area contributed by atoms with Gasteiger partial charge >= 0.3 is 0 Å². The van der Waals surface area contributed by atoms with Crippen LogP contribution in [0.3, 0.4) is 0 Å². The number of hydrogen-bond donors (Lipinski definition) is 0. The molecule has 0 atom stereocenters. The highest BCUT2D eigenvalue weighted by Gasteiger charge is 1.83. The third-order valence-corrected chi connectivity index (χ3v) is 1.46. The second kappa shape index (κ2) is 29.8. The zero-order chi connectivity index (χ0) is 10.9. The van der Waals surface area contributed by atoms with Gasteiger partial charge in [-0.05, 0) is 0 Å². The van der Waals surface area contributed by atoms with Gasteiger partial charge in [-0.1, -0.05) is 72.6 Å². The molecule has 0 aliphatic carbocycles. The molecule has 0 saturated heterocycles. The van der Waals surface area contributed by atoms with Crippen molar-refractivity contribution in [2.45, 2.75) is 72.6 Å². The molecule has 0 radical (unpaired) electrons. The third kappa shape index (κ3) is 49.6. The van der Waals surface area contributed by atoms with Crippen molar-refractivity contribution in [3.63, 3.8) is 0 Å². The van der Waals surface area contributed by atoms with E-state index in [9.17, 15) is 0 Å². The molecule has 0 unspecified atom stereocenters. The molecule has 0 heterocycles. The van der Waals surface area contributed by atoms with Crippen molar-refractivity contribution >= 4 is 0 Å². The van der Waals surface area contributed by atoms with E-state index in [0.29, 0.717) is 0 Å². The summed E-state index contributed by atoms with van der Waals surface area (Å²) in [5.74, 6) is 0. The fraction of sp³-hybridized carbons (Fsp3) is 0.846. The van der Waals surface area contributed by atoms with Gasteiger partial charge in [-0.15, -0.1) is 13.2 Å². The summed E-state index contributed by atoms with van der Waals surface area (Å²) in [6, 6.07) is 0. The van der Waals surface area contributed by atoms with Crippen LogP contribution in [0.25, 0.3) is 0 Å². The predicted octanol–water partition coefficient (Wildman–Crippen LogP) is 5.59. The lowest BCUT2D eigenvalue weighted by molar-refractivity contribution is 0.624. The van der Waals surface area contributed by atoms with Crippen LogP contribution in [0.15, 0.2) is 13.2 Å². The van der Waals surface area contributed by atoms with E-state index in [1.165, 1.54) is 44.9 Å². The molecule has 82 valence electrons. The van der Waals surface area contributed by atoms with Crippen molar-refractivity contribution in [2.24, 2.45) is 0 Å². The Morgan fingerprint density at radius 3 is 1.00 bits per heavy atom. The number of unbranched alkanes of at least 4 members (excludes halogenated alkanes) is 5. The lowest BCUT2D eigenvalue weighted by Crippen LogP contribution is -1.73. The van der Waals surface area contributed by atoms with Gasteiger partial charge in [0.05, 0.1) is 0 Å². The van der Waals surface area contributed by atoms with Gasteiger partial charge in [0.1, 0.15) is 0 Å². The molecule has 0 N–H and O–H groups in total. The molecular weight excluding hydrogens is 156 g/mol. The quantitative estimate of drug-likeness (QED) is 0.388. The van der Waals surface area contributed by atoms with Crippen molar-refractivity contribution in [2.75, 3.05) is 0 Å². The third-order valence-electron chi connectivity index (χ3n) is 1.46. The average Bonchev–Trinajstić information content (AvgIpc) is 2.17. The van der Waals surface area contributed by atoms with Gasteiger partial charge in [-0.3, -0.25) is 0 Å². The summed E-state index contributed by atoms with van der Waals surface area (Å²) in [5, 5.41) is 0. The van der Waals surface area contributed by atoms with E-state index in [0.717, 1.165) is 0 Å². The normalized spacial score (nSPS) is 7.69. The summed E-state index contributed by atoms with van der Waals surface area (Å²) >= 11 is 0. The van der Waals surface area contributed by atoms with Gasteiger partial charge < -0.3 is 0 Å². The average molecular weight is 186 g/mol. The molecule has 0 spiro atoms. The van der Waals surface area contributed by atoms with Gasteiger partial charge in [0.15, 0.2) is 0 Å². The molecule has 0 nitrogen and oxygen atoms in total. The first kappa shape index (κ1) is 18.5. The van der Waals surface area contributed by atoms with E-state index in [1.807, 2.05) is 0 Å². The zero-order valence-electron chi connectivity index (χ0n) is 10.4. The van der Waals surface area contributed by atoms with Crippen LogP contribution in [-0.4, -0.2) is 0 Å². The maximum atomic E-state index is 3.00. The summed E-state index contributed by atoms with van der Waals surface area (Å²) in [7, 11) is 0.